The molecule has 0 amide bonds. The third kappa shape index (κ3) is 3.21. The largest absolute Gasteiger partial charge is 0.388 e. The van der Waals surface area contributed by atoms with Crippen molar-refractivity contribution in [2.24, 2.45) is 11.7 Å². The first-order valence-electron chi connectivity index (χ1n) is 6.20. The Morgan fingerprint density at radius 2 is 2.24 bits per heavy atom. The predicted octanol–water partition coefficient (Wildman–Crippen LogP) is 2.05. The zero-order valence-corrected chi connectivity index (χ0v) is 10.8. The van der Waals surface area contributed by atoms with Crippen molar-refractivity contribution in [1.29, 1.82) is 0 Å². The van der Waals surface area contributed by atoms with Crippen LogP contribution in [0.2, 0.25) is 0 Å². The molecule has 3 N–H and O–H groups in total. The molecule has 17 heavy (non-hydrogen) atoms. The maximum atomic E-state index is 10.3. The molecule has 1 heterocycles. The van der Waals surface area contributed by atoms with E-state index in [0.717, 1.165) is 31.4 Å². The number of nitrogens with zero attached hydrogens (tertiary/aromatic N) is 1. The van der Waals surface area contributed by atoms with Gasteiger partial charge < -0.3 is 10.8 Å². The maximum Gasteiger partial charge on any atom is 0.0797 e. The fourth-order valence-electron chi connectivity index (χ4n) is 2.56. The van der Waals surface area contributed by atoms with Crippen LogP contribution in [0.4, 0.5) is 0 Å². The summed E-state index contributed by atoms with van der Waals surface area (Å²) in [5.41, 5.74) is 5.08. The molecule has 0 saturated heterocycles. The van der Waals surface area contributed by atoms with E-state index in [0.29, 0.717) is 12.5 Å². The van der Waals surface area contributed by atoms with Crippen LogP contribution < -0.4 is 5.73 Å². The minimum atomic E-state index is -0.598. The van der Waals surface area contributed by atoms with Crippen molar-refractivity contribution < 1.29 is 5.11 Å². The molecule has 1 aliphatic carbocycles. The maximum absolute atomic E-state index is 10.3. The average Bonchev–Trinajstić information content (AvgIpc) is 2.73. The molecule has 2 rings (SSSR count). The number of thioether (sulfide) groups is 1. The van der Waals surface area contributed by atoms with E-state index in [1.54, 1.807) is 0 Å². The molecule has 0 aromatic carbocycles. The van der Waals surface area contributed by atoms with E-state index >= 15 is 0 Å². The summed E-state index contributed by atoms with van der Waals surface area (Å²) >= 11 is 1.83. The van der Waals surface area contributed by atoms with E-state index < -0.39 is 5.60 Å². The Labute approximate surface area is 107 Å². The van der Waals surface area contributed by atoms with Gasteiger partial charge in [0.05, 0.1) is 5.60 Å². The van der Waals surface area contributed by atoms with Crippen molar-refractivity contribution in [3.05, 3.63) is 24.5 Å². The van der Waals surface area contributed by atoms with Crippen molar-refractivity contribution in [2.45, 2.75) is 36.2 Å². The molecular weight excluding hydrogens is 232 g/mol. The second kappa shape index (κ2) is 5.85. The van der Waals surface area contributed by atoms with Gasteiger partial charge >= 0.3 is 0 Å². The standard InChI is InChI=1S/C13H20N2OS/c14-10-13(16)6-1-2-11(13)5-9-17-12-3-7-15-8-4-12/h3-4,7-8,11,16H,1-2,5-6,9-10,14H2. The zero-order chi connectivity index (χ0) is 12.1. The Hall–Kier alpha value is -0.580. The highest BCUT2D eigenvalue weighted by molar-refractivity contribution is 7.99. The molecule has 0 aliphatic heterocycles. The van der Waals surface area contributed by atoms with Crippen molar-refractivity contribution in [1.82, 2.24) is 4.98 Å². The van der Waals surface area contributed by atoms with Gasteiger partial charge in [-0.25, -0.2) is 0 Å². The summed E-state index contributed by atoms with van der Waals surface area (Å²) in [4.78, 5) is 5.24. The number of pyridine rings is 1. The van der Waals surface area contributed by atoms with Crippen LogP contribution in [0.5, 0.6) is 0 Å². The minimum absolute atomic E-state index is 0.377. The van der Waals surface area contributed by atoms with Crippen LogP contribution in [0.1, 0.15) is 25.7 Å². The first-order chi connectivity index (χ1) is 8.24. The number of nitrogens with two attached hydrogens (primary N) is 1. The van der Waals surface area contributed by atoms with Gasteiger partial charge in [-0.15, -0.1) is 11.8 Å². The molecule has 0 bridgehead atoms. The van der Waals surface area contributed by atoms with Gasteiger partial charge in [0, 0.05) is 23.8 Å². The fraction of sp³-hybridized carbons (Fsp3) is 0.615. The van der Waals surface area contributed by atoms with E-state index in [4.69, 9.17) is 5.73 Å². The quantitative estimate of drug-likeness (QED) is 0.788. The van der Waals surface area contributed by atoms with Gasteiger partial charge in [-0.1, -0.05) is 6.42 Å². The number of aromatic nitrogens is 1. The van der Waals surface area contributed by atoms with Crippen LogP contribution in [0, 0.1) is 5.92 Å². The highest BCUT2D eigenvalue weighted by Crippen LogP contribution is 2.38. The first-order valence-corrected chi connectivity index (χ1v) is 7.18. The second-order valence-corrected chi connectivity index (χ2v) is 5.89. The molecule has 1 saturated carbocycles. The molecule has 2 atom stereocenters. The molecule has 4 heteroatoms. The molecule has 3 nitrogen and oxygen atoms in total. The molecule has 94 valence electrons. The molecule has 1 aliphatic rings. The molecule has 1 aromatic rings. The summed E-state index contributed by atoms with van der Waals surface area (Å²) < 4.78 is 0. The summed E-state index contributed by atoms with van der Waals surface area (Å²) in [7, 11) is 0. The van der Waals surface area contributed by atoms with Gasteiger partial charge in [0.1, 0.15) is 0 Å². The van der Waals surface area contributed by atoms with E-state index in [2.05, 4.69) is 4.98 Å². The van der Waals surface area contributed by atoms with Gasteiger partial charge in [-0.3, -0.25) is 4.98 Å². The lowest BCUT2D eigenvalue weighted by atomic mass is 9.89. The molecule has 2 unspecified atom stereocenters. The Morgan fingerprint density at radius 1 is 1.47 bits per heavy atom. The highest BCUT2D eigenvalue weighted by atomic mass is 32.2. The molecule has 1 aromatic heterocycles. The van der Waals surface area contributed by atoms with Crippen LogP contribution in [-0.4, -0.2) is 28.0 Å². The van der Waals surface area contributed by atoms with Gasteiger partial charge in [0.15, 0.2) is 0 Å². The monoisotopic (exact) mass is 252 g/mol. The van der Waals surface area contributed by atoms with Gasteiger partial charge in [-0.2, -0.15) is 0 Å². The summed E-state index contributed by atoms with van der Waals surface area (Å²) in [5.74, 6) is 1.42. The van der Waals surface area contributed by atoms with Gasteiger partial charge in [-0.05, 0) is 43.1 Å². The third-order valence-electron chi connectivity index (χ3n) is 3.66. The van der Waals surface area contributed by atoms with E-state index in [1.807, 2.05) is 36.3 Å². The van der Waals surface area contributed by atoms with Crippen LogP contribution in [-0.2, 0) is 0 Å². The summed E-state index contributed by atoms with van der Waals surface area (Å²) in [6, 6.07) is 4.04. The lowest BCUT2D eigenvalue weighted by Gasteiger charge is -2.28. The van der Waals surface area contributed by atoms with Gasteiger partial charge in [0.25, 0.3) is 0 Å². The fourth-order valence-corrected chi connectivity index (χ4v) is 3.51. The predicted molar refractivity (Wildman–Crippen MR) is 70.9 cm³/mol. The first kappa shape index (κ1) is 12.9. The topological polar surface area (TPSA) is 59.1 Å². The highest BCUT2D eigenvalue weighted by Gasteiger charge is 2.39. The van der Waals surface area contributed by atoms with Crippen LogP contribution in [0.3, 0.4) is 0 Å². The number of hydrogen-bond donors (Lipinski definition) is 2. The molecule has 1 fully saturated rings. The normalized spacial score (nSPS) is 28.5. The Morgan fingerprint density at radius 3 is 2.94 bits per heavy atom. The summed E-state index contributed by atoms with van der Waals surface area (Å²) in [6.45, 7) is 0.400. The third-order valence-corrected chi connectivity index (χ3v) is 4.71. The number of rotatable bonds is 5. The Bertz CT molecular complexity index is 347. The van der Waals surface area contributed by atoms with Crippen LogP contribution in [0.25, 0.3) is 0 Å². The number of hydrogen-bond acceptors (Lipinski definition) is 4. The average molecular weight is 252 g/mol. The smallest absolute Gasteiger partial charge is 0.0797 e. The summed E-state index contributed by atoms with van der Waals surface area (Å²) in [5, 5.41) is 10.3. The van der Waals surface area contributed by atoms with Crippen LogP contribution >= 0.6 is 11.8 Å². The minimum Gasteiger partial charge on any atom is -0.388 e. The molecule has 0 spiro atoms. The lowest BCUT2D eigenvalue weighted by Crippen LogP contribution is -2.41. The molecular formula is C13H20N2OS. The van der Waals surface area contributed by atoms with Crippen LogP contribution in [0.15, 0.2) is 29.4 Å². The van der Waals surface area contributed by atoms with Crippen molar-refractivity contribution >= 4 is 11.8 Å². The SMILES string of the molecule is NCC1(O)CCCC1CCSc1ccncc1. The zero-order valence-electron chi connectivity index (χ0n) is 10.0. The van der Waals surface area contributed by atoms with Crippen molar-refractivity contribution in [3.63, 3.8) is 0 Å². The Balaban J connectivity index is 1.79. The second-order valence-electron chi connectivity index (χ2n) is 4.72. The van der Waals surface area contributed by atoms with E-state index in [-0.39, 0.29) is 0 Å². The van der Waals surface area contributed by atoms with E-state index in [1.165, 1.54) is 4.90 Å². The van der Waals surface area contributed by atoms with Gasteiger partial charge in [0.2, 0.25) is 0 Å². The number of aliphatic hydroxyl groups is 1. The van der Waals surface area contributed by atoms with E-state index in [9.17, 15) is 5.11 Å². The Kier molecular flexibility index (Phi) is 4.42. The molecule has 0 radical (unpaired) electrons. The lowest BCUT2D eigenvalue weighted by molar-refractivity contribution is 0.0104. The van der Waals surface area contributed by atoms with Crippen molar-refractivity contribution in [3.8, 4) is 0 Å². The summed E-state index contributed by atoms with van der Waals surface area (Å²) in [6.07, 6.45) is 7.76. The van der Waals surface area contributed by atoms with Crippen molar-refractivity contribution in [2.75, 3.05) is 12.3 Å².